The third-order valence-corrected chi connectivity index (χ3v) is 3.49. The molecule has 0 saturated carbocycles. The average molecular weight is 373 g/mol. The normalized spacial score (nSPS) is 15.2. The predicted molar refractivity (Wildman–Crippen MR) is 111 cm³/mol. The van der Waals surface area contributed by atoms with E-state index in [4.69, 9.17) is 0 Å². The Hall–Kier alpha value is -2.53. The number of hydrogen-bond donors (Lipinski definition) is 1. The molecule has 0 spiro atoms. The number of carbonyl (C=O) groups is 1. The number of nitrogens with zero attached hydrogens (tertiary/aromatic N) is 1. The zero-order valence-electron chi connectivity index (χ0n) is 16.0. The summed E-state index contributed by atoms with van der Waals surface area (Å²) in [7, 11) is 0. The fourth-order valence-corrected chi connectivity index (χ4v) is 2.05. The molecule has 0 aliphatic heterocycles. The van der Waals surface area contributed by atoms with Gasteiger partial charge in [-0.05, 0) is 38.2 Å². The zero-order chi connectivity index (χ0) is 20.2. The second-order valence-corrected chi connectivity index (χ2v) is 5.78. The first kappa shape index (κ1) is 24.5. The number of allylic oxidation sites excluding steroid dienone is 10. The van der Waals surface area contributed by atoms with Gasteiger partial charge in [0.05, 0.1) is 0 Å². The van der Waals surface area contributed by atoms with E-state index in [1.165, 1.54) is 12.2 Å². The Balaban J connectivity index is 4.33. The summed E-state index contributed by atoms with van der Waals surface area (Å²) in [6.45, 7) is 2.09. The number of rotatable bonds is 15. The minimum atomic E-state index is -1.18. The largest absolute Gasteiger partial charge is 0.381 e. The highest BCUT2D eigenvalue weighted by atomic mass is 16.6. The number of aldehydes is 1. The molecule has 0 amide bonds. The van der Waals surface area contributed by atoms with Crippen LogP contribution < -0.4 is 0 Å². The number of carbonyl (C=O) groups excluding carboxylic acids is 1. The van der Waals surface area contributed by atoms with E-state index in [2.05, 4.69) is 25.2 Å². The Morgan fingerprint density at radius 2 is 1.48 bits per heavy atom. The van der Waals surface area contributed by atoms with Crippen molar-refractivity contribution >= 4 is 6.29 Å². The molecule has 0 fully saturated rings. The lowest BCUT2D eigenvalue weighted by molar-refractivity contribution is -0.518. The fraction of sp³-hybridized carbons (Fsp3) is 0.409. The first-order valence-corrected chi connectivity index (χ1v) is 9.33. The molecule has 0 aliphatic carbocycles. The molecule has 0 radical (unpaired) electrons. The molecular weight excluding hydrogens is 342 g/mol. The van der Waals surface area contributed by atoms with Crippen LogP contribution in [0.4, 0.5) is 0 Å². The summed E-state index contributed by atoms with van der Waals surface area (Å²) in [6, 6.07) is -1.18. The highest BCUT2D eigenvalue weighted by molar-refractivity contribution is 5.49. The molecule has 1 N–H and O–H groups in total. The molecule has 0 aromatic rings. The van der Waals surface area contributed by atoms with Gasteiger partial charge in [0.15, 0.2) is 0 Å². The van der Waals surface area contributed by atoms with Crippen LogP contribution in [0.3, 0.4) is 0 Å². The maximum atomic E-state index is 11.1. The SMILES string of the molecule is CC/C=C\C/C=C\C/C=C\C=C/C(C(O)/C=C\C/C=C\CCC=O)[N+](=O)[O-]. The van der Waals surface area contributed by atoms with Crippen LogP contribution in [-0.2, 0) is 4.79 Å². The topological polar surface area (TPSA) is 80.4 Å². The summed E-state index contributed by atoms with van der Waals surface area (Å²) in [5.41, 5.74) is 0. The van der Waals surface area contributed by atoms with Crippen LogP contribution in [0.1, 0.15) is 45.4 Å². The van der Waals surface area contributed by atoms with E-state index < -0.39 is 17.1 Å². The van der Waals surface area contributed by atoms with Crippen LogP contribution >= 0.6 is 0 Å². The molecule has 0 aromatic carbocycles. The monoisotopic (exact) mass is 373 g/mol. The molecule has 0 bridgehead atoms. The van der Waals surface area contributed by atoms with E-state index in [1.807, 2.05) is 24.3 Å². The van der Waals surface area contributed by atoms with Crippen LogP contribution in [-0.4, -0.2) is 28.5 Å². The van der Waals surface area contributed by atoms with E-state index in [9.17, 15) is 20.0 Å². The lowest BCUT2D eigenvalue weighted by atomic mass is 10.1. The maximum absolute atomic E-state index is 11.1. The van der Waals surface area contributed by atoms with Crippen molar-refractivity contribution in [2.24, 2.45) is 0 Å². The standard InChI is InChI=1S/C22H31NO4/c1-2-3-4-5-6-7-8-9-12-15-18-21(23(26)27)22(25)19-16-13-10-11-14-17-20-24/h3-4,6-7,9-12,15-16,18-22,25H,2,5,8,13-14,17H2,1H3/b4-3-,7-6-,11-10-,12-9-,18-15-,19-16-. The van der Waals surface area contributed by atoms with Gasteiger partial charge in [-0.15, -0.1) is 0 Å². The fourth-order valence-electron chi connectivity index (χ4n) is 2.05. The molecule has 2 unspecified atom stereocenters. The minimum Gasteiger partial charge on any atom is -0.381 e. The molecule has 0 heterocycles. The Labute approximate surface area is 162 Å². The van der Waals surface area contributed by atoms with Gasteiger partial charge in [0.1, 0.15) is 12.4 Å². The van der Waals surface area contributed by atoms with Crippen molar-refractivity contribution in [3.8, 4) is 0 Å². The van der Waals surface area contributed by atoms with Crippen molar-refractivity contribution in [1.82, 2.24) is 0 Å². The van der Waals surface area contributed by atoms with E-state index in [1.54, 1.807) is 18.2 Å². The van der Waals surface area contributed by atoms with Crippen molar-refractivity contribution in [1.29, 1.82) is 0 Å². The minimum absolute atomic E-state index is 0.482. The lowest BCUT2D eigenvalue weighted by Crippen LogP contribution is -2.30. The van der Waals surface area contributed by atoms with Crippen molar-refractivity contribution in [2.75, 3.05) is 0 Å². The second kappa shape index (κ2) is 18.3. The second-order valence-electron chi connectivity index (χ2n) is 5.78. The Kier molecular flexibility index (Phi) is 16.6. The summed E-state index contributed by atoms with van der Waals surface area (Å²) in [4.78, 5) is 20.8. The van der Waals surface area contributed by atoms with Crippen LogP contribution in [0.25, 0.3) is 0 Å². The average Bonchev–Trinajstić information content (AvgIpc) is 2.65. The highest BCUT2D eigenvalue weighted by Crippen LogP contribution is 2.04. The van der Waals surface area contributed by atoms with Crippen LogP contribution in [0.5, 0.6) is 0 Å². The summed E-state index contributed by atoms with van der Waals surface area (Å²) >= 11 is 0. The number of nitro groups is 1. The van der Waals surface area contributed by atoms with E-state index in [-0.39, 0.29) is 0 Å². The third kappa shape index (κ3) is 15.4. The number of aliphatic hydroxyl groups is 1. The molecule has 0 aliphatic rings. The van der Waals surface area contributed by atoms with Gasteiger partial charge in [-0.25, -0.2) is 0 Å². The van der Waals surface area contributed by atoms with Gasteiger partial charge < -0.3 is 9.90 Å². The summed E-state index contributed by atoms with van der Waals surface area (Å²) in [6.07, 6.45) is 25.9. The van der Waals surface area contributed by atoms with E-state index in [0.717, 1.165) is 25.5 Å². The molecule has 0 saturated heterocycles. The van der Waals surface area contributed by atoms with Crippen LogP contribution in [0, 0.1) is 10.1 Å². The smallest absolute Gasteiger partial charge is 0.260 e. The van der Waals surface area contributed by atoms with Crippen LogP contribution in [0.15, 0.2) is 72.9 Å². The molecule has 148 valence electrons. The van der Waals surface area contributed by atoms with Gasteiger partial charge >= 0.3 is 0 Å². The molecule has 5 nitrogen and oxygen atoms in total. The molecular formula is C22H31NO4. The van der Waals surface area contributed by atoms with Crippen molar-refractivity contribution < 1.29 is 14.8 Å². The Morgan fingerprint density at radius 3 is 2.15 bits per heavy atom. The number of aliphatic hydroxyl groups excluding tert-OH is 1. The Bertz CT molecular complexity index is 571. The van der Waals surface area contributed by atoms with Gasteiger partial charge in [0.2, 0.25) is 0 Å². The molecule has 0 rings (SSSR count). The molecule has 5 heteroatoms. The van der Waals surface area contributed by atoms with Crippen LogP contribution in [0.2, 0.25) is 0 Å². The number of unbranched alkanes of at least 4 members (excludes halogenated alkanes) is 1. The maximum Gasteiger partial charge on any atom is 0.260 e. The first-order valence-electron chi connectivity index (χ1n) is 9.33. The molecule has 27 heavy (non-hydrogen) atoms. The Morgan fingerprint density at radius 1 is 0.852 bits per heavy atom. The molecule has 2 atom stereocenters. The van der Waals surface area contributed by atoms with Gasteiger partial charge in [0.25, 0.3) is 6.04 Å². The van der Waals surface area contributed by atoms with Gasteiger partial charge in [0, 0.05) is 11.3 Å². The van der Waals surface area contributed by atoms with Crippen molar-refractivity contribution in [2.45, 2.75) is 57.6 Å². The quantitative estimate of drug-likeness (QED) is 0.111. The van der Waals surface area contributed by atoms with Gasteiger partial charge in [-0.3, -0.25) is 10.1 Å². The zero-order valence-corrected chi connectivity index (χ0v) is 16.0. The summed E-state index contributed by atoms with van der Waals surface area (Å²) in [5.74, 6) is 0. The molecule has 0 aromatic heterocycles. The van der Waals surface area contributed by atoms with Crippen molar-refractivity contribution in [3.63, 3.8) is 0 Å². The summed E-state index contributed by atoms with van der Waals surface area (Å²) < 4.78 is 0. The number of hydrogen-bond acceptors (Lipinski definition) is 4. The predicted octanol–water partition coefficient (Wildman–Crippen LogP) is 4.89. The first-order chi connectivity index (χ1) is 13.1. The van der Waals surface area contributed by atoms with Gasteiger partial charge in [-0.2, -0.15) is 0 Å². The van der Waals surface area contributed by atoms with Crippen molar-refractivity contribution in [3.05, 3.63) is 83.0 Å². The summed E-state index contributed by atoms with van der Waals surface area (Å²) in [5, 5.41) is 21.1. The van der Waals surface area contributed by atoms with E-state index >= 15 is 0 Å². The third-order valence-electron chi connectivity index (χ3n) is 3.49. The van der Waals surface area contributed by atoms with E-state index in [0.29, 0.717) is 19.3 Å². The lowest BCUT2D eigenvalue weighted by Gasteiger charge is -2.08. The highest BCUT2D eigenvalue weighted by Gasteiger charge is 2.23. The van der Waals surface area contributed by atoms with Gasteiger partial charge in [-0.1, -0.05) is 73.8 Å².